The third kappa shape index (κ3) is 4.49. The predicted molar refractivity (Wildman–Crippen MR) is 109 cm³/mol. The molecule has 7 heteroatoms. The maximum absolute atomic E-state index is 12.7. The van der Waals surface area contributed by atoms with Crippen LogP contribution >= 0.6 is 0 Å². The zero-order chi connectivity index (χ0) is 20.4. The number of hydrogen-bond acceptors (Lipinski definition) is 4. The van der Waals surface area contributed by atoms with Crippen LogP contribution in [-0.4, -0.2) is 70.7 Å². The van der Waals surface area contributed by atoms with Gasteiger partial charge in [0, 0.05) is 57.7 Å². The van der Waals surface area contributed by atoms with E-state index in [9.17, 15) is 9.59 Å². The van der Waals surface area contributed by atoms with Crippen molar-refractivity contribution < 1.29 is 14.3 Å². The summed E-state index contributed by atoms with van der Waals surface area (Å²) < 4.78 is 5.75. The van der Waals surface area contributed by atoms with Crippen molar-refractivity contribution in [1.82, 2.24) is 20.0 Å². The zero-order valence-corrected chi connectivity index (χ0v) is 17.8. The zero-order valence-electron chi connectivity index (χ0n) is 17.8. The van der Waals surface area contributed by atoms with Crippen LogP contribution in [0.15, 0.2) is 0 Å². The quantitative estimate of drug-likeness (QED) is 0.820. The van der Waals surface area contributed by atoms with Crippen LogP contribution in [0.25, 0.3) is 0 Å². The number of H-pyrrole nitrogens is 1. The van der Waals surface area contributed by atoms with Gasteiger partial charge in [-0.3, -0.25) is 14.7 Å². The average Bonchev–Trinajstić information content (AvgIpc) is 3.34. The Bertz CT molecular complexity index is 745. The molecule has 3 aliphatic rings. The molecule has 1 spiro atoms. The first-order chi connectivity index (χ1) is 14.0. The van der Waals surface area contributed by atoms with Gasteiger partial charge in [-0.05, 0) is 56.9 Å². The van der Waals surface area contributed by atoms with Crippen LogP contribution < -0.4 is 0 Å². The van der Waals surface area contributed by atoms with Crippen LogP contribution in [0.1, 0.15) is 61.9 Å². The average molecular weight is 403 g/mol. The third-order valence-corrected chi connectivity index (χ3v) is 7.30. The number of aryl methyl sites for hydroxylation is 2. The molecule has 0 radical (unpaired) electrons. The van der Waals surface area contributed by atoms with Gasteiger partial charge in [0.15, 0.2) is 0 Å². The number of hydrogen-bond donors (Lipinski definition) is 1. The number of amides is 2. The second-order valence-electron chi connectivity index (χ2n) is 9.21. The highest BCUT2D eigenvalue weighted by Gasteiger charge is 2.42. The third-order valence-electron chi connectivity index (χ3n) is 7.30. The molecular weight excluding hydrogens is 368 g/mol. The van der Waals surface area contributed by atoms with Gasteiger partial charge in [-0.25, -0.2) is 0 Å². The standard InChI is InChI=1S/C22H34N4O3/c1-16-17(2)23-24-19(16)5-6-20(27)25-11-9-22(10-12-25)8-7-21(28)26(15-22)14-18-4-3-13-29-18/h18H,3-15H2,1-2H3,(H,23,24)/t18-/m0/s1. The summed E-state index contributed by atoms with van der Waals surface area (Å²) in [7, 11) is 0. The van der Waals surface area contributed by atoms with Crippen molar-refractivity contribution in [2.75, 3.05) is 32.8 Å². The van der Waals surface area contributed by atoms with Gasteiger partial charge in [0.05, 0.1) is 11.8 Å². The second kappa shape index (κ2) is 8.46. The first kappa shape index (κ1) is 20.4. The van der Waals surface area contributed by atoms with E-state index in [0.29, 0.717) is 19.3 Å². The lowest BCUT2D eigenvalue weighted by Crippen LogP contribution is -2.53. The van der Waals surface area contributed by atoms with E-state index in [0.717, 1.165) is 81.8 Å². The predicted octanol–water partition coefficient (Wildman–Crippen LogP) is 2.37. The molecule has 4 heterocycles. The Morgan fingerprint density at radius 3 is 2.72 bits per heavy atom. The molecule has 3 aliphatic heterocycles. The lowest BCUT2D eigenvalue weighted by atomic mass is 9.72. The number of aromatic nitrogens is 2. The van der Waals surface area contributed by atoms with Crippen molar-refractivity contribution in [3.8, 4) is 0 Å². The molecule has 1 aromatic heterocycles. The Hall–Kier alpha value is -1.89. The SMILES string of the molecule is Cc1[nH]nc(CCC(=O)N2CCC3(CCC(=O)N(C[C@@H]4CCCO4)C3)CC2)c1C. The Morgan fingerprint density at radius 2 is 2.07 bits per heavy atom. The van der Waals surface area contributed by atoms with E-state index in [1.54, 1.807) is 0 Å². The number of nitrogens with one attached hydrogen (secondary N) is 1. The number of piperidine rings is 2. The summed E-state index contributed by atoms with van der Waals surface area (Å²) in [5.41, 5.74) is 3.42. The molecule has 0 bridgehead atoms. The van der Waals surface area contributed by atoms with Crippen molar-refractivity contribution in [2.24, 2.45) is 5.41 Å². The van der Waals surface area contributed by atoms with Gasteiger partial charge in [-0.15, -0.1) is 0 Å². The Kier molecular flexibility index (Phi) is 5.95. The first-order valence-corrected chi connectivity index (χ1v) is 11.1. The minimum atomic E-state index is 0.180. The van der Waals surface area contributed by atoms with Crippen molar-refractivity contribution in [1.29, 1.82) is 0 Å². The van der Waals surface area contributed by atoms with Crippen LogP contribution in [0.4, 0.5) is 0 Å². The molecule has 0 saturated carbocycles. The molecule has 160 valence electrons. The summed E-state index contributed by atoms with van der Waals surface area (Å²) in [5.74, 6) is 0.497. The summed E-state index contributed by atoms with van der Waals surface area (Å²) in [6, 6.07) is 0. The minimum absolute atomic E-state index is 0.180. The van der Waals surface area contributed by atoms with Gasteiger partial charge in [0.25, 0.3) is 0 Å². The molecule has 29 heavy (non-hydrogen) atoms. The second-order valence-corrected chi connectivity index (χ2v) is 9.21. The van der Waals surface area contributed by atoms with E-state index in [-0.39, 0.29) is 23.3 Å². The Morgan fingerprint density at radius 1 is 1.28 bits per heavy atom. The fraction of sp³-hybridized carbons (Fsp3) is 0.773. The Labute approximate surface area is 173 Å². The van der Waals surface area contributed by atoms with Gasteiger partial charge < -0.3 is 14.5 Å². The van der Waals surface area contributed by atoms with Crippen LogP contribution in [-0.2, 0) is 20.7 Å². The van der Waals surface area contributed by atoms with Gasteiger partial charge in [0.1, 0.15) is 0 Å². The summed E-state index contributed by atoms with van der Waals surface area (Å²) in [5, 5.41) is 7.31. The van der Waals surface area contributed by atoms with E-state index >= 15 is 0 Å². The van der Waals surface area contributed by atoms with Crippen LogP contribution in [0.5, 0.6) is 0 Å². The minimum Gasteiger partial charge on any atom is -0.376 e. The molecule has 0 unspecified atom stereocenters. The van der Waals surface area contributed by atoms with E-state index < -0.39 is 0 Å². The van der Waals surface area contributed by atoms with E-state index in [1.807, 2.05) is 16.7 Å². The molecule has 0 aromatic carbocycles. The van der Waals surface area contributed by atoms with Crippen LogP contribution in [0.3, 0.4) is 0 Å². The van der Waals surface area contributed by atoms with Gasteiger partial charge in [-0.2, -0.15) is 5.10 Å². The van der Waals surface area contributed by atoms with Gasteiger partial charge >= 0.3 is 0 Å². The summed E-state index contributed by atoms with van der Waals surface area (Å²) in [6.07, 6.45) is 7.18. The molecule has 2 amide bonds. The molecule has 4 rings (SSSR count). The summed E-state index contributed by atoms with van der Waals surface area (Å²) in [4.78, 5) is 29.2. The number of carbonyl (C=O) groups is 2. The molecule has 0 aliphatic carbocycles. The van der Waals surface area contributed by atoms with Crippen molar-refractivity contribution >= 4 is 11.8 Å². The molecule has 7 nitrogen and oxygen atoms in total. The highest BCUT2D eigenvalue weighted by molar-refractivity contribution is 5.78. The summed E-state index contributed by atoms with van der Waals surface area (Å²) >= 11 is 0. The maximum atomic E-state index is 12.7. The van der Waals surface area contributed by atoms with E-state index in [1.165, 1.54) is 0 Å². The number of rotatable bonds is 5. The van der Waals surface area contributed by atoms with E-state index in [4.69, 9.17) is 4.74 Å². The monoisotopic (exact) mass is 402 g/mol. The smallest absolute Gasteiger partial charge is 0.222 e. The molecule has 3 fully saturated rings. The lowest BCUT2D eigenvalue weighted by Gasteiger charge is -2.47. The number of aromatic amines is 1. The lowest BCUT2D eigenvalue weighted by molar-refractivity contribution is -0.144. The normalized spacial score (nSPS) is 24.5. The summed E-state index contributed by atoms with van der Waals surface area (Å²) in [6.45, 7) is 8.07. The van der Waals surface area contributed by atoms with Crippen molar-refractivity contribution in [2.45, 2.75) is 71.3 Å². The first-order valence-electron chi connectivity index (χ1n) is 11.1. The molecule has 1 aromatic rings. The van der Waals surface area contributed by atoms with Gasteiger partial charge in [-0.1, -0.05) is 0 Å². The molecular formula is C22H34N4O3. The van der Waals surface area contributed by atoms with Crippen molar-refractivity contribution in [3.63, 3.8) is 0 Å². The Balaban J connectivity index is 1.28. The molecule has 3 saturated heterocycles. The van der Waals surface area contributed by atoms with E-state index in [2.05, 4.69) is 17.1 Å². The number of ether oxygens (including phenoxy) is 1. The molecule has 1 N–H and O–H groups in total. The van der Waals surface area contributed by atoms with Gasteiger partial charge in [0.2, 0.25) is 11.8 Å². The number of carbonyl (C=O) groups excluding carboxylic acids is 2. The van der Waals surface area contributed by atoms with Crippen molar-refractivity contribution in [3.05, 3.63) is 17.0 Å². The molecule has 1 atom stereocenters. The fourth-order valence-corrected chi connectivity index (χ4v) is 5.10. The van der Waals surface area contributed by atoms with Crippen LogP contribution in [0.2, 0.25) is 0 Å². The number of nitrogens with zero attached hydrogens (tertiary/aromatic N) is 3. The largest absolute Gasteiger partial charge is 0.376 e. The topological polar surface area (TPSA) is 78.5 Å². The van der Waals surface area contributed by atoms with Crippen LogP contribution in [0, 0.1) is 19.3 Å². The highest BCUT2D eigenvalue weighted by Crippen LogP contribution is 2.40. The number of likely N-dealkylation sites (tertiary alicyclic amines) is 2. The maximum Gasteiger partial charge on any atom is 0.222 e. The highest BCUT2D eigenvalue weighted by atomic mass is 16.5. The fourth-order valence-electron chi connectivity index (χ4n) is 5.10.